The monoisotopic (exact) mass is 625 g/mol. The summed E-state index contributed by atoms with van der Waals surface area (Å²) in [5.41, 5.74) is 5.53. The first-order valence-corrected chi connectivity index (χ1v) is 14.4. The number of hydrogen-bond donors (Lipinski definition) is 0. The molecule has 4 nitrogen and oxygen atoms in total. The van der Waals surface area contributed by atoms with Gasteiger partial charge >= 0.3 is 0 Å². The molecule has 1 aliphatic heterocycles. The van der Waals surface area contributed by atoms with Gasteiger partial charge in [0, 0.05) is 58.4 Å². The summed E-state index contributed by atoms with van der Waals surface area (Å²) >= 11 is 7.29. The third kappa shape index (κ3) is 4.99. The summed E-state index contributed by atoms with van der Waals surface area (Å²) in [6.07, 6.45) is 2.63. The first kappa shape index (κ1) is 26.4. The number of Topliss-reactive ketones (excluding diaryl/α,β-unsaturated/α-hetero) is 2. The van der Waals surface area contributed by atoms with Gasteiger partial charge in [0.15, 0.2) is 11.6 Å². The fourth-order valence-electron chi connectivity index (χ4n) is 6.08. The third-order valence-corrected chi connectivity index (χ3v) is 9.20. The second kappa shape index (κ2) is 9.53. The van der Waals surface area contributed by atoms with E-state index in [1.54, 1.807) is 0 Å². The van der Waals surface area contributed by atoms with E-state index in [0.717, 1.165) is 61.2 Å². The van der Waals surface area contributed by atoms with Crippen molar-refractivity contribution < 1.29 is 14.3 Å². The Morgan fingerprint density at radius 2 is 1.41 bits per heavy atom. The smallest absolute Gasteiger partial charge is 0.162 e. The molecule has 0 atom stereocenters. The normalized spacial score (nSPS) is 21.2. The molecule has 2 aromatic carbocycles. The van der Waals surface area contributed by atoms with Gasteiger partial charge in [-0.05, 0) is 63.4 Å². The topological polar surface area (TPSA) is 46.6 Å². The lowest BCUT2D eigenvalue weighted by Crippen LogP contribution is -2.43. The summed E-state index contributed by atoms with van der Waals surface area (Å²) in [6.45, 7) is 9.06. The Hall–Kier alpha value is -2.18. The molecule has 0 amide bonds. The van der Waals surface area contributed by atoms with Crippen molar-refractivity contribution in [1.29, 1.82) is 0 Å². The number of benzene rings is 2. The molecule has 6 heteroatoms. The Bertz CT molecular complexity index is 1310. The Balaban J connectivity index is 1.57. The highest BCUT2D eigenvalue weighted by Gasteiger charge is 2.48. The van der Waals surface area contributed by atoms with E-state index < -0.39 is 0 Å². The molecule has 0 aromatic heterocycles. The SMILES string of the molecule is CN1C2=C(C(=O)CC(C)(C)C2)C(c2ccc(OCc3ccccc3Br)c(Br)c2)C2=C1CC(C)(C)CC2=O. The van der Waals surface area contributed by atoms with Crippen LogP contribution in [-0.2, 0) is 16.2 Å². The number of halogens is 2. The van der Waals surface area contributed by atoms with Crippen LogP contribution in [0.3, 0.4) is 0 Å². The van der Waals surface area contributed by atoms with Crippen LogP contribution in [0, 0.1) is 10.8 Å². The van der Waals surface area contributed by atoms with Gasteiger partial charge in [0.2, 0.25) is 0 Å². The minimum Gasteiger partial charge on any atom is -0.488 e. The lowest BCUT2D eigenvalue weighted by molar-refractivity contribution is -0.119. The van der Waals surface area contributed by atoms with Crippen LogP contribution in [-0.4, -0.2) is 23.5 Å². The highest BCUT2D eigenvalue weighted by Crippen LogP contribution is 2.54. The van der Waals surface area contributed by atoms with Crippen molar-refractivity contribution in [2.75, 3.05) is 7.05 Å². The molecular formula is C31H33Br2NO3. The lowest BCUT2D eigenvalue weighted by Gasteiger charge is -2.47. The molecular weight excluding hydrogens is 594 g/mol. The quantitative estimate of drug-likeness (QED) is 0.344. The number of ether oxygens (including phenoxy) is 1. The molecule has 5 rings (SSSR count). The Morgan fingerprint density at radius 3 is 1.95 bits per heavy atom. The van der Waals surface area contributed by atoms with E-state index in [4.69, 9.17) is 4.74 Å². The summed E-state index contributed by atoms with van der Waals surface area (Å²) in [7, 11) is 2.04. The average Bonchev–Trinajstić information content (AvgIpc) is 2.79. The summed E-state index contributed by atoms with van der Waals surface area (Å²) in [5.74, 6) is 0.681. The minimum absolute atomic E-state index is 0.106. The molecule has 37 heavy (non-hydrogen) atoms. The van der Waals surface area contributed by atoms with Crippen molar-refractivity contribution >= 4 is 43.4 Å². The van der Waals surface area contributed by atoms with Crippen molar-refractivity contribution in [3.63, 3.8) is 0 Å². The van der Waals surface area contributed by atoms with Crippen molar-refractivity contribution in [1.82, 2.24) is 4.90 Å². The van der Waals surface area contributed by atoms with Gasteiger partial charge in [0.05, 0.1) is 4.47 Å². The van der Waals surface area contributed by atoms with Crippen molar-refractivity contribution in [3.05, 3.63) is 85.1 Å². The van der Waals surface area contributed by atoms with E-state index in [1.807, 2.05) is 49.5 Å². The zero-order chi connectivity index (χ0) is 26.7. The van der Waals surface area contributed by atoms with Crippen LogP contribution >= 0.6 is 31.9 Å². The van der Waals surface area contributed by atoms with Gasteiger partial charge < -0.3 is 9.64 Å². The summed E-state index contributed by atoms with van der Waals surface area (Å²) in [5, 5.41) is 0. The molecule has 0 radical (unpaired) electrons. The van der Waals surface area contributed by atoms with E-state index in [0.29, 0.717) is 19.4 Å². The summed E-state index contributed by atoms with van der Waals surface area (Å²) < 4.78 is 7.95. The van der Waals surface area contributed by atoms with Crippen LogP contribution in [0.25, 0.3) is 0 Å². The van der Waals surface area contributed by atoms with Gasteiger partial charge in [-0.25, -0.2) is 0 Å². The van der Waals surface area contributed by atoms with Gasteiger partial charge in [-0.3, -0.25) is 9.59 Å². The van der Waals surface area contributed by atoms with E-state index in [2.05, 4.69) is 64.5 Å². The van der Waals surface area contributed by atoms with Crippen molar-refractivity contribution in [2.45, 2.75) is 65.9 Å². The van der Waals surface area contributed by atoms with E-state index in [-0.39, 0.29) is 28.3 Å². The molecule has 0 saturated heterocycles. The van der Waals surface area contributed by atoms with E-state index in [1.165, 1.54) is 0 Å². The molecule has 0 bridgehead atoms. The molecule has 2 aromatic rings. The second-order valence-electron chi connectivity index (χ2n) is 12.2. The largest absolute Gasteiger partial charge is 0.488 e. The highest BCUT2D eigenvalue weighted by atomic mass is 79.9. The molecule has 0 fully saturated rings. The number of carbonyl (C=O) groups excluding carboxylic acids is 2. The lowest BCUT2D eigenvalue weighted by atomic mass is 9.64. The zero-order valence-electron chi connectivity index (χ0n) is 22.1. The predicted molar refractivity (Wildman–Crippen MR) is 153 cm³/mol. The number of hydrogen-bond acceptors (Lipinski definition) is 4. The van der Waals surface area contributed by atoms with Crippen molar-refractivity contribution in [3.8, 4) is 5.75 Å². The second-order valence-corrected chi connectivity index (χ2v) is 13.9. The minimum atomic E-state index is -0.345. The summed E-state index contributed by atoms with van der Waals surface area (Å²) in [4.78, 5) is 29.5. The molecule has 0 spiro atoms. The fourth-order valence-corrected chi connectivity index (χ4v) is 6.99. The van der Waals surface area contributed by atoms with E-state index >= 15 is 0 Å². The maximum Gasteiger partial charge on any atom is 0.162 e. The van der Waals surface area contributed by atoms with Gasteiger partial charge in [0.1, 0.15) is 12.4 Å². The maximum absolute atomic E-state index is 13.7. The molecule has 1 heterocycles. The van der Waals surface area contributed by atoms with Gasteiger partial charge in [-0.15, -0.1) is 0 Å². The number of allylic oxidation sites excluding steroid dienone is 4. The first-order chi connectivity index (χ1) is 17.4. The zero-order valence-corrected chi connectivity index (χ0v) is 25.3. The van der Waals surface area contributed by atoms with Gasteiger partial charge in [-0.1, -0.05) is 67.9 Å². The van der Waals surface area contributed by atoms with Crippen LogP contribution in [0.5, 0.6) is 5.75 Å². The van der Waals surface area contributed by atoms with Gasteiger partial charge in [0.25, 0.3) is 0 Å². The summed E-state index contributed by atoms with van der Waals surface area (Å²) in [6, 6.07) is 14.0. The first-order valence-electron chi connectivity index (χ1n) is 12.8. The van der Waals surface area contributed by atoms with Crippen LogP contribution in [0.1, 0.15) is 70.4 Å². The molecule has 3 aliphatic rings. The van der Waals surface area contributed by atoms with Crippen LogP contribution in [0.15, 0.2) is 74.0 Å². The molecule has 0 N–H and O–H groups in total. The number of ketones is 2. The molecule has 0 saturated carbocycles. The van der Waals surface area contributed by atoms with Crippen LogP contribution in [0.2, 0.25) is 0 Å². The predicted octanol–water partition coefficient (Wildman–Crippen LogP) is 8.11. The van der Waals surface area contributed by atoms with Crippen LogP contribution in [0.4, 0.5) is 0 Å². The number of nitrogens with zero attached hydrogens (tertiary/aromatic N) is 1. The number of rotatable bonds is 4. The maximum atomic E-state index is 13.7. The van der Waals surface area contributed by atoms with Gasteiger partial charge in [-0.2, -0.15) is 0 Å². The van der Waals surface area contributed by atoms with Crippen LogP contribution < -0.4 is 4.74 Å². The Morgan fingerprint density at radius 1 is 0.838 bits per heavy atom. The number of carbonyl (C=O) groups is 2. The Labute approximate surface area is 236 Å². The molecule has 2 aliphatic carbocycles. The van der Waals surface area contributed by atoms with Crippen molar-refractivity contribution in [2.24, 2.45) is 10.8 Å². The fraction of sp³-hybridized carbons (Fsp3) is 0.419. The standard InChI is InChI=1S/C31H33Br2NO3/c1-30(2)13-22-28(24(35)15-30)27(29-23(34(22)5)14-31(3,4)16-25(29)36)18-10-11-26(21(33)12-18)37-17-19-8-6-7-9-20(19)32/h6-12,27H,13-17H2,1-5H3. The Kier molecular flexibility index (Phi) is 6.81. The average molecular weight is 627 g/mol. The van der Waals surface area contributed by atoms with E-state index in [9.17, 15) is 9.59 Å². The third-order valence-electron chi connectivity index (χ3n) is 7.81. The molecule has 194 valence electrons. The highest BCUT2D eigenvalue weighted by molar-refractivity contribution is 9.10. The molecule has 0 unspecified atom stereocenters.